The van der Waals surface area contributed by atoms with Crippen LogP contribution < -0.4 is 5.32 Å². The van der Waals surface area contributed by atoms with Crippen LogP contribution in [-0.4, -0.2) is 30.8 Å². The summed E-state index contributed by atoms with van der Waals surface area (Å²) in [6, 6.07) is 0.231. The van der Waals surface area contributed by atoms with Gasteiger partial charge in [-0.1, -0.05) is 0 Å². The average molecular weight is 172 g/mol. The second-order valence-corrected chi connectivity index (χ2v) is 4.01. The van der Waals surface area contributed by atoms with Crippen LogP contribution in [0.1, 0.15) is 25.7 Å². The van der Waals surface area contributed by atoms with Gasteiger partial charge in [-0.25, -0.2) is 0 Å². The zero-order valence-electron chi connectivity index (χ0n) is 7.43. The minimum Gasteiger partial charge on any atom is -0.316 e. The van der Waals surface area contributed by atoms with Crippen molar-refractivity contribution in [3.05, 3.63) is 0 Å². The molecule has 0 unspecified atom stereocenters. The number of hydrogen-bond donors (Lipinski definition) is 1. The van der Waals surface area contributed by atoms with Gasteiger partial charge in [0.05, 0.1) is 0 Å². The van der Waals surface area contributed by atoms with Gasteiger partial charge in [0.15, 0.2) is 0 Å². The zero-order chi connectivity index (χ0) is 8.39. The fraction of sp³-hybridized carbons (Fsp3) is 1.00. The number of nitrogens with zero attached hydrogens (tertiary/aromatic N) is 1. The monoisotopic (exact) mass is 172 g/mol. The minimum atomic E-state index is 0.231. The summed E-state index contributed by atoms with van der Waals surface area (Å²) in [6.07, 6.45) is 4.40. The van der Waals surface area contributed by atoms with Crippen LogP contribution in [0.5, 0.6) is 0 Å². The molecule has 2 aliphatic heterocycles. The van der Waals surface area contributed by atoms with Gasteiger partial charge in [0.2, 0.25) is 0 Å². The van der Waals surface area contributed by atoms with E-state index in [2.05, 4.69) is 5.32 Å². The van der Waals surface area contributed by atoms with E-state index in [9.17, 15) is 4.48 Å². The highest BCUT2D eigenvalue weighted by Gasteiger charge is 2.28. The summed E-state index contributed by atoms with van der Waals surface area (Å²) in [5, 5.41) is 4.36. The summed E-state index contributed by atoms with van der Waals surface area (Å²) in [6.45, 7) is 2.89. The third-order valence-corrected chi connectivity index (χ3v) is 3.07. The van der Waals surface area contributed by atoms with Crippen molar-refractivity contribution < 1.29 is 4.48 Å². The summed E-state index contributed by atoms with van der Waals surface area (Å²) < 4.78 is 13.1. The molecule has 3 heteroatoms. The first-order valence-corrected chi connectivity index (χ1v) is 4.99. The quantitative estimate of drug-likeness (QED) is 0.632. The van der Waals surface area contributed by atoms with Gasteiger partial charge in [0.25, 0.3) is 0 Å². The van der Waals surface area contributed by atoms with E-state index in [-0.39, 0.29) is 6.04 Å². The molecule has 2 atom stereocenters. The number of halogens is 1. The third kappa shape index (κ3) is 1.77. The van der Waals surface area contributed by atoms with Crippen molar-refractivity contribution in [1.29, 1.82) is 0 Å². The Balaban J connectivity index is 1.77. The maximum Gasteiger partial charge on any atom is 0.0406 e. The van der Waals surface area contributed by atoms with E-state index >= 15 is 0 Å². The lowest BCUT2D eigenvalue weighted by molar-refractivity contribution is 0.00270. The van der Waals surface area contributed by atoms with Crippen LogP contribution in [0.4, 0.5) is 4.48 Å². The van der Waals surface area contributed by atoms with E-state index in [4.69, 9.17) is 0 Å². The molecular formula is C9H17FN2. The maximum atomic E-state index is 13.1. The molecular weight excluding hydrogens is 155 g/mol. The summed E-state index contributed by atoms with van der Waals surface area (Å²) in [5.74, 6) is 0.728. The highest BCUT2D eigenvalue weighted by atomic mass is 19.2. The van der Waals surface area contributed by atoms with Crippen molar-refractivity contribution in [2.45, 2.75) is 31.7 Å². The van der Waals surface area contributed by atoms with Crippen molar-refractivity contribution in [3.63, 3.8) is 0 Å². The van der Waals surface area contributed by atoms with Gasteiger partial charge in [-0.15, -0.1) is 9.60 Å². The van der Waals surface area contributed by atoms with E-state index < -0.39 is 0 Å². The van der Waals surface area contributed by atoms with Gasteiger partial charge >= 0.3 is 0 Å². The Labute approximate surface area is 73.1 Å². The highest BCUT2D eigenvalue weighted by molar-refractivity contribution is 4.80. The molecule has 2 aliphatic rings. The molecule has 0 bridgehead atoms. The topological polar surface area (TPSA) is 15.3 Å². The largest absolute Gasteiger partial charge is 0.316 e. The molecule has 2 rings (SSSR count). The second kappa shape index (κ2) is 3.71. The van der Waals surface area contributed by atoms with Crippen LogP contribution in [0, 0.1) is 5.92 Å². The number of nitrogens with one attached hydrogen (secondary N) is 1. The lowest BCUT2D eigenvalue weighted by Gasteiger charge is -2.18. The second-order valence-electron chi connectivity index (χ2n) is 4.01. The van der Waals surface area contributed by atoms with Gasteiger partial charge in [0.1, 0.15) is 0 Å². The summed E-state index contributed by atoms with van der Waals surface area (Å²) >= 11 is 0. The Morgan fingerprint density at radius 3 is 2.92 bits per heavy atom. The van der Waals surface area contributed by atoms with Crippen molar-refractivity contribution in [1.82, 2.24) is 10.4 Å². The molecule has 0 aliphatic carbocycles. The fourth-order valence-corrected chi connectivity index (χ4v) is 2.33. The molecule has 1 N–H and O–H groups in total. The summed E-state index contributed by atoms with van der Waals surface area (Å²) in [4.78, 5) is 0. The average Bonchev–Trinajstić information content (AvgIpc) is 2.65. The summed E-state index contributed by atoms with van der Waals surface area (Å²) in [5.41, 5.74) is 0. The first kappa shape index (κ1) is 8.45. The third-order valence-electron chi connectivity index (χ3n) is 3.07. The van der Waals surface area contributed by atoms with Crippen LogP contribution >= 0.6 is 0 Å². The van der Waals surface area contributed by atoms with E-state index in [1.54, 1.807) is 0 Å². The van der Waals surface area contributed by atoms with Crippen molar-refractivity contribution in [2.24, 2.45) is 5.92 Å². The van der Waals surface area contributed by atoms with Crippen LogP contribution in [0.25, 0.3) is 0 Å². The SMILES string of the molecule is FN1CCC[C@@H]1C[C@@H]1CCNC1. The Morgan fingerprint density at radius 1 is 1.42 bits per heavy atom. The molecule has 2 saturated heterocycles. The van der Waals surface area contributed by atoms with E-state index in [1.165, 1.54) is 6.42 Å². The molecule has 0 aromatic carbocycles. The molecule has 0 aromatic heterocycles. The first-order chi connectivity index (χ1) is 5.86. The summed E-state index contributed by atoms with van der Waals surface area (Å²) in [7, 11) is 0. The standard InChI is InChI=1S/C9H17FN2/c10-12-5-1-2-9(12)6-8-3-4-11-7-8/h8-9,11H,1-7H2/t8-,9+/m0/s1. The van der Waals surface area contributed by atoms with Gasteiger partial charge in [-0.05, 0) is 44.7 Å². The van der Waals surface area contributed by atoms with E-state index in [1.807, 2.05) is 0 Å². The van der Waals surface area contributed by atoms with Crippen molar-refractivity contribution >= 4 is 0 Å². The van der Waals surface area contributed by atoms with Crippen molar-refractivity contribution in [2.75, 3.05) is 19.6 Å². The number of hydrogen-bond acceptors (Lipinski definition) is 2. The Kier molecular flexibility index (Phi) is 2.61. The first-order valence-electron chi connectivity index (χ1n) is 4.99. The van der Waals surface area contributed by atoms with Gasteiger partial charge in [0, 0.05) is 12.6 Å². The van der Waals surface area contributed by atoms with E-state index in [0.717, 1.165) is 43.4 Å². The molecule has 70 valence electrons. The molecule has 0 radical (unpaired) electrons. The molecule has 2 fully saturated rings. The molecule has 0 spiro atoms. The predicted octanol–water partition coefficient (Wildman–Crippen LogP) is 1.33. The molecule has 12 heavy (non-hydrogen) atoms. The van der Waals surface area contributed by atoms with Crippen LogP contribution in [-0.2, 0) is 0 Å². The fourth-order valence-electron chi connectivity index (χ4n) is 2.33. The lowest BCUT2D eigenvalue weighted by Crippen LogP contribution is -2.24. The Hall–Kier alpha value is -0.150. The molecule has 2 heterocycles. The Bertz CT molecular complexity index is 145. The molecule has 0 aromatic rings. The van der Waals surface area contributed by atoms with Crippen LogP contribution in [0.2, 0.25) is 0 Å². The molecule has 0 saturated carbocycles. The smallest absolute Gasteiger partial charge is 0.0406 e. The lowest BCUT2D eigenvalue weighted by atomic mass is 9.98. The molecule has 2 nitrogen and oxygen atoms in total. The van der Waals surface area contributed by atoms with Crippen molar-refractivity contribution in [3.8, 4) is 0 Å². The molecule has 0 amide bonds. The number of rotatable bonds is 2. The maximum absolute atomic E-state index is 13.1. The predicted molar refractivity (Wildman–Crippen MR) is 46.4 cm³/mol. The van der Waals surface area contributed by atoms with E-state index in [0.29, 0.717) is 6.54 Å². The highest BCUT2D eigenvalue weighted by Crippen LogP contribution is 2.25. The van der Waals surface area contributed by atoms with Crippen LogP contribution in [0.3, 0.4) is 0 Å². The van der Waals surface area contributed by atoms with Gasteiger partial charge < -0.3 is 5.32 Å². The van der Waals surface area contributed by atoms with Gasteiger partial charge in [-0.2, -0.15) is 0 Å². The Morgan fingerprint density at radius 2 is 2.33 bits per heavy atom. The van der Waals surface area contributed by atoms with Crippen LogP contribution in [0.15, 0.2) is 0 Å². The normalized spacial score (nSPS) is 37.8. The minimum absolute atomic E-state index is 0.231. The van der Waals surface area contributed by atoms with Gasteiger partial charge in [-0.3, -0.25) is 0 Å². The zero-order valence-corrected chi connectivity index (χ0v) is 7.43.